The maximum Gasteiger partial charge on any atom is 0.327 e. The molecule has 0 aliphatic rings. The van der Waals surface area contributed by atoms with E-state index in [0.29, 0.717) is 0 Å². The van der Waals surface area contributed by atoms with Crippen molar-refractivity contribution in [1.29, 1.82) is 0 Å². The third kappa shape index (κ3) is 12.2. The van der Waals surface area contributed by atoms with Gasteiger partial charge < -0.3 is 4.66 Å². The molecule has 0 atom stereocenters. The number of hydrogen-bond donors (Lipinski definition) is 1. The zero-order chi connectivity index (χ0) is 2.71. The minimum atomic E-state index is -0.167. The Morgan fingerprint density at radius 3 is 1.75 bits per heavy atom. The molecule has 1 N–H and O–H groups in total. The fraction of sp³-hybridized carbons (Fsp3) is 0. The minimum absolute atomic E-state index is 0. The van der Waals surface area contributed by atoms with Gasteiger partial charge in [-0.25, -0.2) is 0 Å². The Morgan fingerprint density at radius 2 is 1.75 bits per heavy atom. The first kappa shape index (κ1) is 8.88. The van der Waals surface area contributed by atoms with Crippen LogP contribution in [0.15, 0.2) is 0 Å². The molecule has 0 bridgehead atoms. The molecule has 4 heteroatoms. The van der Waals surface area contributed by atoms with Crippen molar-refractivity contribution in [3.05, 3.63) is 0 Å². The summed E-state index contributed by atoms with van der Waals surface area (Å²) in [5.41, 5.74) is 0. The summed E-state index contributed by atoms with van der Waals surface area (Å²) >= 11 is -0.167. The quantitative estimate of drug-likeness (QED) is 0.333. The van der Waals surface area contributed by atoms with Crippen LogP contribution in [0.2, 0.25) is 0 Å². The molecule has 0 saturated carbocycles. The highest BCUT2D eigenvalue weighted by Gasteiger charge is 1.47. The smallest absolute Gasteiger partial charge is 0.327 e. The lowest BCUT2D eigenvalue weighted by atomic mass is 15.9. The molecule has 0 aliphatic carbocycles. The number of halogens is 1. The van der Waals surface area contributed by atoms with Gasteiger partial charge in [0.25, 0.3) is 0 Å². The highest BCUT2D eigenvalue weighted by atomic mass is 35.6. The highest BCUT2D eigenvalue weighted by molar-refractivity contribution is 5.75. The minimum Gasteiger partial charge on any atom is -0.506 e. The summed E-state index contributed by atoms with van der Waals surface area (Å²) in [5.74, 6) is 0. The summed E-state index contributed by atoms with van der Waals surface area (Å²) < 4.78 is 15.2. The van der Waals surface area contributed by atoms with Gasteiger partial charge in [-0.05, 0) is 0 Å². The summed E-state index contributed by atoms with van der Waals surface area (Å²) in [6.07, 6.45) is 0. The van der Waals surface area contributed by atoms with E-state index in [4.69, 9.17) is 9.32 Å². The van der Waals surface area contributed by atoms with Gasteiger partial charge in [0.15, 0.2) is 0 Å². The Morgan fingerprint density at radius 1 is 1.75 bits per heavy atom. The third-order valence-corrected chi connectivity index (χ3v) is 0. The van der Waals surface area contributed by atoms with E-state index in [-0.39, 0.29) is 34.4 Å². The van der Waals surface area contributed by atoms with E-state index in [1.807, 2.05) is 0 Å². The van der Waals surface area contributed by atoms with E-state index < -0.39 is 0 Å². The Kier molecular flexibility index (Phi) is 20.0. The van der Waals surface area contributed by atoms with Gasteiger partial charge in [0.1, 0.15) is 0 Å². The lowest BCUT2D eigenvalue weighted by molar-refractivity contribution is -1.27. The first-order valence-corrected chi connectivity index (χ1v) is 0.970. The van der Waals surface area contributed by atoms with Crippen LogP contribution >= 0.6 is 0 Å². The zero-order valence-corrected chi connectivity index (χ0v) is 1.99. The van der Waals surface area contributed by atoms with Crippen molar-refractivity contribution in [2.45, 2.75) is 0 Å². The van der Waals surface area contributed by atoms with Crippen LogP contribution in [-0.4, -0.2) is 27.7 Å². The Balaban J connectivity index is 0. The first-order valence-electron chi connectivity index (χ1n) is 0.323. The molecular formula is H3ClMgO2. The van der Waals surface area contributed by atoms with Crippen molar-refractivity contribution >= 4 is 23.1 Å². The number of rotatable bonds is 0. The molecule has 0 rings (SSSR count). The maximum absolute atomic E-state index is 8.35. The van der Waals surface area contributed by atoms with Crippen LogP contribution in [0, 0.1) is 11.3 Å². The largest absolute Gasteiger partial charge is 0.506 e. The Labute approximate surface area is 44.0 Å². The predicted molar refractivity (Wildman–Crippen MR) is 10.8 cm³/mol. The highest BCUT2D eigenvalue weighted by Crippen LogP contribution is 1.13. The second kappa shape index (κ2) is 9.02. The summed E-state index contributed by atoms with van der Waals surface area (Å²) in [5, 5.41) is 0. The van der Waals surface area contributed by atoms with Crippen molar-refractivity contribution in [3.8, 4) is 0 Å². The molecule has 0 aromatic carbocycles. The van der Waals surface area contributed by atoms with Gasteiger partial charge in [-0.2, -0.15) is 0 Å². The number of hydrogen-bond acceptors (Lipinski definition) is 2. The molecule has 0 heterocycles. The molecule has 4 heavy (non-hydrogen) atoms. The molecule has 0 spiro atoms. The monoisotopic (exact) mass is 94.0 g/mol. The normalized spacial score (nSPS) is 4.50. The van der Waals surface area contributed by atoms with E-state index >= 15 is 0 Å². The van der Waals surface area contributed by atoms with Crippen molar-refractivity contribution in [1.82, 2.24) is 0 Å². The van der Waals surface area contributed by atoms with Crippen LogP contribution < -0.4 is 4.66 Å². The molecule has 24 valence electrons. The predicted octanol–water partition coefficient (Wildman–Crippen LogP) is -2.66. The van der Waals surface area contributed by atoms with Gasteiger partial charge in [-0.1, -0.05) is 0 Å². The van der Waals surface area contributed by atoms with Crippen molar-refractivity contribution in [2.75, 3.05) is 0 Å². The SMILES string of the molecule is [MgH2].[O-][Cl+]O. The summed E-state index contributed by atoms with van der Waals surface area (Å²) in [7, 11) is 0. The fourth-order valence-electron chi connectivity index (χ4n) is 0. The van der Waals surface area contributed by atoms with Crippen molar-refractivity contribution in [2.24, 2.45) is 0 Å². The van der Waals surface area contributed by atoms with Crippen LogP contribution in [0.5, 0.6) is 0 Å². The lowest BCUT2D eigenvalue weighted by Gasteiger charge is -1.46. The Bertz CT molecular complexity index is 6.00. The second-order valence-corrected chi connectivity index (χ2v) is 0.207. The van der Waals surface area contributed by atoms with Crippen LogP contribution in [0.4, 0.5) is 0 Å². The van der Waals surface area contributed by atoms with Gasteiger partial charge in [0, 0.05) is 0 Å². The van der Waals surface area contributed by atoms with Gasteiger partial charge >= 0.3 is 34.4 Å². The molecule has 0 radical (unpaired) electrons. The maximum atomic E-state index is 8.35. The molecular weight excluding hydrogens is 91.8 g/mol. The van der Waals surface area contributed by atoms with Crippen molar-refractivity contribution < 1.29 is 20.6 Å². The first-order chi connectivity index (χ1) is 1.41. The fourth-order valence-corrected chi connectivity index (χ4v) is 0. The van der Waals surface area contributed by atoms with Gasteiger partial charge in [-0.3, -0.25) is 0 Å². The van der Waals surface area contributed by atoms with E-state index in [2.05, 4.69) is 0 Å². The molecule has 0 aliphatic heterocycles. The van der Waals surface area contributed by atoms with E-state index in [9.17, 15) is 0 Å². The molecule has 0 aromatic rings. The van der Waals surface area contributed by atoms with E-state index in [0.717, 1.165) is 0 Å². The van der Waals surface area contributed by atoms with Gasteiger partial charge in [0.2, 0.25) is 0 Å². The summed E-state index contributed by atoms with van der Waals surface area (Å²) in [6, 6.07) is 0. The molecule has 0 unspecified atom stereocenters. The molecule has 2 nitrogen and oxygen atoms in total. The topological polar surface area (TPSA) is 43.3 Å². The molecule has 0 saturated heterocycles. The molecule has 0 aromatic heterocycles. The van der Waals surface area contributed by atoms with Crippen LogP contribution in [0.25, 0.3) is 0 Å². The van der Waals surface area contributed by atoms with Crippen molar-refractivity contribution in [3.63, 3.8) is 0 Å². The summed E-state index contributed by atoms with van der Waals surface area (Å²) in [4.78, 5) is 0. The summed E-state index contributed by atoms with van der Waals surface area (Å²) in [6.45, 7) is 0. The Hall–Kier alpha value is 0.976. The van der Waals surface area contributed by atoms with E-state index in [1.165, 1.54) is 0 Å². The van der Waals surface area contributed by atoms with Gasteiger partial charge in [0.05, 0.1) is 0 Å². The average molecular weight is 94.8 g/mol. The van der Waals surface area contributed by atoms with Crippen LogP contribution in [0.3, 0.4) is 0 Å². The molecule has 0 fully saturated rings. The standard InChI is InChI=1S/ClHO2.Mg.2H/c2-1-3;;;/h2H;;;. The third-order valence-electron chi connectivity index (χ3n) is 0. The van der Waals surface area contributed by atoms with Crippen LogP contribution in [-0.2, 0) is 0 Å². The lowest BCUT2D eigenvalue weighted by Crippen LogP contribution is -1.94. The second-order valence-electron chi connectivity index (χ2n) is 0.0690. The molecule has 0 amide bonds. The van der Waals surface area contributed by atoms with Crippen LogP contribution in [0.1, 0.15) is 0 Å². The van der Waals surface area contributed by atoms with Gasteiger partial charge in [-0.15, -0.1) is 4.66 Å². The van der Waals surface area contributed by atoms with E-state index in [1.54, 1.807) is 0 Å². The average Bonchev–Trinajstić information content (AvgIpc) is 0.918. The zero-order valence-electron chi connectivity index (χ0n) is 1.23.